The molecule has 2 aromatic carbocycles. The maximum Gasteiger partial charge on any atom is 0.252 e. The first kappa shape index (κ1) is 21.7. The number of ether oxygens (including phenoxy) is 1. The van der Waals surface area contributed by atoms with E-state index in [1.807, 2.05) is 42.5 Å². The van der Waals surface area contributed by atoms with Crippen LogP contribution < -0.4 is 4.74 Å². The Balaban J connectivity index is 1.55. The predicted molar refractivity (Wildman–Crippen MR) is 122 cm³/mol. The first-order chi connectivity index (χ1) is 15.5. The topological polar surface area (TPSA) is 81.3 Å². The van der Waals surface area contributed by atoms with E-state index in [0.717, 1.165) is 17.0 Å². The Morgan fingerprint density at radius 1 is 0.969 bits per heavy atom. The molecule has 1 N–H and O–H groups in total. The van der Waals surface area contributed by atoms with Crippen LogP contribution in [0.5, 0.6) is 5.75 Å². The summed E-state index contributed by atoms with van der Waals surface area (Å²) in [4.78, 5) is 8.48. The fourth-order valence-corrected chi connectivity index (χ4v) is 3.77. The lowest BCUT2D eigenvalue weighted by Gasteiger charge is -2.35. The molecule has 0 spiro atoms. The van der Waals surface area contributed by atoms with E-state index in [0.29, 0.717) is 18.3 Å². The molecule has 0 amide bonds. The predicted octanol–water partition coefficient (Wildman–Crippen LogP) is 5.16. The van der Waals surface area contributed by atoms with E-state index in [1.54, 1.807) is 6.20 Å². The summed E-state index contributed by atoms with van der Waals surface area (Å²) in [6.07, 6.45) is 1.77. The average Bonchev–Trinajstić information content (AvgIpc) is 3.33. The smallest absolute Gasteiger partial charge is 0.252 e. The number of pyridine rings is 1. The summed E-state index contributed by atoms with van der Waals surface area (Å²) < 4.78 is 10.9. The Morgan fingerprint density at radius 3 is 2.22 bits per heavy atom. The molecule has 0 aliphatic heterocycles. The Bertz CT molecular complexity index is 1140. The van der Waals surface area contributed by atoms with Crippen LogP contribution in [0.4, 0.5) is 0 Å². The van der Waals surface area contributed by atoms with Crippen LogP contribution in [0.15, 0.2) is 77.4 Å². The molecule has 0 aliphatic carbocycles. The minimum absolute atomic E-state index is 0.189. The summed E-state index contributed by atoms with van der Waals surface area (Å²) in [5, 5.41) is 13.1. The highest BCUT2D eigenvalue weighted by molar-refractivity contribution is 5.56. The number of aliphatic hydroxyl groups is 1. The van der Waals surface area contributed by atoms with Crippen molar-refractivity contribution >= 4 is 0 Å². The van der Waals surface area contributed by atoms with Crippen LogP contribution in [-0.2, 0) is 18.6 Å². The maximum atomic E-state index is 9.14. The lowest BCUT2D eigenvalue weighted by atomic mass is 9.68. The Labute approximate surface area is 187 Å². The molecule has 6 heteroatoms. The molecule has 164 valence electrons. The highest BCUT2D eigenvalue weighted by atomic mass is 16.5. The van der Waals surface area contributed by atoms with Crippen LogP contribution in [0.1, 0.15) is 43.5 Å². The van der Waals surface area contributed by atoms with Gasteiger partial charge in [-0.05, 0) is 41.3 Å². The summed E-state index contributed by atoms with van der Waals surface area (Å²) >= 11 is 0. The summed E-state index contributed by atoms with van der Waals surface area (Å²) in [5.74, 6) is 1.86. The minimum atomic E-state index is -0.266. The van der Waals surface area contributed by atoms with E-state index in [9.17, 15) is 0 Å². The van der Waals surface area contributed by atoms with Gasteiger partial charge in [0.25, 0.3) is 5.89 Å². The standard InChI is InChI=1S/C26H27N3O3/c1-18(2)26(3,20-9-7-19(8-10-20)25-28-24(16-30)32-29-25)21-11-13-23(14-12-21)31-17-22-6-4-5-15-27-22/h4-15,18,30H,16-17H2,1-3H3. The monoisotopic (exact) mass is 429 g/mol. The number of nitrogens with zero attached hydrogens (tertiary/aromatic N) is 3. The molecule has 0 bridgehead atoms. The van der Waals surface area contributed by atoms with E-state index in [4.69, 9.17) is 14.4 Å². The second-order valence-corrected chi connectivity index (χ2v) is 8.24. The molecule has 0 radical (unpaired) electrons. The van der Waals surface area contributed by atoms with Gasteiger partial charge in [0, 0.05) is 17.2 Å². The lowest BCUT2D eigenvalue weighted by Crippen LogP contribution is -2.30. The van der Waals surface area contributed by atoms with E-state index in [2.05, 4.69) is 60.2 Å². The molecule has 4 rings (SSSR count). The molecule has 0 fully saturated rings. The van der Waals surface area contributed by atoms with Crippen LogP contribution in [0, 0.1) is 5.92 Å². The molecule has 4 aromatic rings. The third-order valence-corrected chi connectivity index (χ3v) is 6.07. The minimum Gasteiger partial charge on any atom is -0.487 e. The van der Waals surface area contributed by atoms with Gasteiger partial charge in [-0.15, -0.1) is 0 Å². The zero-order valence-corrected chi connectivity index (χ0v) is 18.5. The number of hydrogen-bond donors (Lipinski definition) is 1. The van der Waals surface area contributed by atoms with Crippen molar-refractivity contribution in [1.82, 2.24) is 15.1 Å². The largest absolute Gasteiger partial charge is 0.487 e. The van der Waals surface area contributed by atoms with Gasteiger partial charge in [-0.25, -0.2) is 0 Å². The molecule has 2 heterocycles. The number of benzene rings is 2. The van der Waals surface area contributed by atoms with E-state index >= 15 is 0 Å². The van der Waals surface area contributed by atoms with Gasteiger partial charge < -0.3 is 14.4 Å². The van der Waals surface area contributed by atoms with Crippen molar-refractivity contribution in [2.45, 2.75) is 39.4 Å². The number of aromatic nitrogens is 3. The van der Waals surface area contributed by atoms with E-state index in [1.165, 1.54) is 11.1 Å². The van der Waals surface area contributed by atoms with E-state index < -0.39 is 0 Å². The van der Waals surface area contributed by atoms with Gasteiger partial charge in [0.15, 0.2) is 0 Å². The zero-order valence-electron chi connectivity index (χ0n) is 18.5. The van der Waals surface area contributed by atoms with Crippen molar-refractivity contribution in [2.24, 2.45) is 5.92 Å². The van der Waals surface area contributed by atoms with Crippen molar-refractivity contribution in [3.05, 3.63) is 95.6 Å². The molecule has 2 aromatic heterocycles. The van der Waals surface area contributed by atoms with Gasteiger partial charge in [-0.2, -0.15) is 4.98 Å². The third kappa shape index (κ3) is 4.41. The fraction of sp³-hybridized carbons (Fsp3) is 0.269. The van der Waals surface area contributed by atoms with Crippen molar-refractivity contribution in [2.75, 3.05) is 0 Å². The molecule has 6 nitrogen and oxygen atoms in total. The van der Waals surface area contributed by atoms with Gasteiger partial charge in [-0.1, -0.05) is 68.4 Å². The second-order valence-electron chi connectivity index (χ2n) is 8.24. The zero-order chi connectivity index (χ0) is 22.6. The van der Waals surface area contributed by atoms with Gasteiger partial charge in [-0.3, -0.25) is 4.98 Å². The second kappa shape index (κ2) is 9.32. The molecule has 1 atom stereocenters. The maximum absolute atomic E-state index is 9.14. The highest BCUT2D eigenvalue weighted by Gasteiger charge is 2.32. The first-order valence-corrected chi connectivity index (χ1v) is 10.7. The normalized spacial score (nSPS) is 13.2. The van der Waals surface area contributed by atoms with Crippen molar-refractivity contribution in [1.29, 1.82) is 0 Å². The number of rotatable bonds is 8. The van der Waals surface area contributed by atoms with Gasteiger partial charge in [0.1, 0.15) is 19.0 Å². The SMILES string of the molecule is CC(C)C(C)(c1ccc(OCc2ccccn2)cc1)c1ccc(-c2noc(CO)n2)cc1. The molecule has 32 heavy (non-hydrogen) atoms. The van der Waals surface area contributed by atoms with Crippen LogP contribution in [0.3, 0.4) is 0 Å². The van der Waals surface area contributed by atoms with Gasteiger partial charge >= 0.3 is 0 Å². The first-order valence-electron chi connectivity index (χ1n) is 10.7. The summed E-state index contributed by atoms with van der Waals surface area (Å²) in [6, 6.07) is 22.3. The number of aliphatic hydroxyl groups excluding tert-OH is 1. The van der Waals surface area contributed by atoms with Crippen LogP contribution in [0.25, 0.3) is 11.4 Å². The van der Waals surface area contributed by atoms with E-state index in [-0.39, 0.29) is 17.9 Å². The number of hydrogen-bond acceptors (Lipinski definition) is 6. The van der Waals surface area contributed by atoms with Gasteiger partial charge in [0.05, 0.1) is 5.69 Å². The quantitative estimate of drug-likeness (QED) is 0.416. The van der Waals surface area contributed by atoms with Crippen molar-refractivity contribution in [3.8, 4) is 17.1 Å². The summed E-state index contributed by atoms with van der Waals surface area (Å²) in [7, 11) is 0. The van der Waals surface area contributed by atoms with Crippen molar-refractivity contribution in [3.63, 3.8) is 0 Å². The summed E-state index contributed by atoms with van der Waals surface area (Å²) in [5.41, 5.74) is 3.97. The fourth-order valence-electron chi connectivity index (χ4n) is 3.77. The highest BCUT2D eigenvalue weighted by Crippen LogP contribution is 2.40. The molecule has 0 saturated heterocycles. The Kier molecular flexibility index (Phi) is 6.32. The van der Waals surface area contributed by atoms with Crippen molar-refractivity contribution < 1.29 is 14.4 Å². The van der Waals surface area contributed by atoms with Crippen LogP contribution >= 0.6 is 0 Å². The van der Waals surface area contributed by atoms with Gasteiger partial charge in [0.2, 0.25) is 5.82 Å². The molecule has 0 aliphatic rings. The Morgan fingerprint density at radius 2 is 1.66 bits per heavy atom. The molecule has 1 unspecified atom stereocenters. The molecular weight excluding hydrogens is 402 g/mol. The summed E-state index contributed by atoms with van der Waals surface area (Å²) in [6.45, 7) is 6.89. The van der Waals surface area contributed by atoms with Crippen LogP contribution in [-0.4, -0.2) is 20.2 Å². The third-order valence-electron chi connectivity index (χ3n) is 6.07. The Hall–Kier alpha value is -3.51. The molecular formula is C26H27N3O3. The lowest BCUT2D eigenvalue weighted by molar-refractivity contribution is 0.222. The van der Waals surface area contributed by atoms with Crippen LogP contribution in [0.2, 0.25) is 0 Å². The molecule has 0 saturated carbocycles. The average molecular weight is 430 g/mol.